The van der Waals surface area contributed by atoms with Gasteiger partial charge in [-0.25, -0.2) is 4.79 Å². The van der Waals surface area contributed by atoms with Crippen LogP contribution in [0.1, 0.15) is 11.5 Å². The van der Waals surface area contributed by atoms with E-state index in [9.17, 15) is 4.79 Å². The minimum absolute atomic E-state index is 0.0403. The van der Waals surface area contributed by atoms with Gasteiger partial charge in [-0.15, -0.1) is 0 Å². The fourth-order valence-electron chi connectivity index (χ4n) is 1.46. The first kappa shape index (κ1) is 14.5. The van der Waals surface area contributed by atoms with Crippen molar-refractivity contribution in [3.8, 4) is 0 Å². The van der Waals surface area contributed by atoms with Crippen molar-refractivity contribution in [2.75, 3.05) is 19.7 Å². The zero-order valence-electron chi connectivity index (χ0n) is 10.1. The van der Waals surface area contributed by atoms with E-state index in [0.29, 0.717) is 18.1 Å². The van der Waals surface area contributed by atoms with Crippen molar-refractivity contribution in [3.05, 3.63) is 47.5 Å². The summed E-state index contributed by atoms with van der Waals surface area (Å²) in [6.45, 7) is 4.52. The predicted molar refractivity (Wildman–Crippen MR) is 72.8 cm³/mol. The van der Waals surface area contributed by atoms with Crippen LogP contribution in [-0.2, 0) is 4.74 Å². The van der Waals surface area contributed by atoms with Gasteiger partial charge in [0, 0.05) is 24.0 Å². The molecule has 5 heteroatoms. The number of nitrogens with one attached hydrogen (secondary N) is 1. The van der Waals surface area contributed by atoms with Crippen LogP contribution in [0.25, 0.3) is 0 Å². The van der Waals surface area contributed by atoms with E-state index >= 15 is 0 Å². The van der Waals surface area contributed by atoms with Gasteiger partial charge in [0.05, 0.1) is 0 Å². The van der Waals surface area contributed by atoms with Crippen LogP contribution >= 0.6 is 11.6 Å². The van der Waals surface area contributed by atoms with E-state index in [0.717, 1.165) is 5.56 Å². The summed E-state index contributed by atoms with van der Waals surface area (Å²) >= 11 is 5.81. The van der Waals surface area contributed by atoms with E-state index in [1.165, 1.54) is 6.08 Å². The molecule has 4 nitrogen and oxygen atoms in total. The molecule has 1 aromatic carbocycles. The van der Waals surface area contributed by atoms with Crippen molar-refractivity contribution in [2.24, 2.45) is 5.73 Å². The van der Waals surface area contributed by atoms with Gasteiger partial charge in [0.1, 0.15) is 6.61 Å². The van der Waals surface area contributed by atoms with Crippen LogP contribution in [-0.4, -0.2) is 25.8 Å². The molecular weight excluding hydrogens is 252 g/mol. The van der Waals surface area contributed by atoms with Crippen molar-refractivity contribution in [1.82, 2.24) is 5.32 Å². The molecule has 0 heterocycles. The number of carbonyl (C=O) groups excluding carboxylic acids is 1. The molecule has 0 fully saturated rings. The number of hydrogen-bond donors (Lipinski definition) is 2. The summed E-state index contributed by atoms with van der Waals surface area (Å²) < 4.78 is 4.81. The molecule has 0 aliphatic carbocycles. The minimum Gasteiger partial charge on any atom is -0.445 e. The Morgan fingerprint density at radius 1 is 1.50 bits per heavy atom. The molecule has 0 aliphatic heterocycles. The molecule has 0 saturated carbocycles. The summed E-state index contributed by atoms with van der Waals surface area (Å²) in [5.41, 5.74) is 6.72. The number of halogens is 1. The predicted octanol–water partition coefficient (Wildman–Crippen LogP) is 2.29. The number of nitrogens with two attached hydrogens (primary N) is 1. The van der Waals surface area contributed by atoms with E-state index in [2.05, 4.69) is 11.9 Å². The zero-order valence-corrected chi connectivity index (χ0v) is 10.8. The summed E-state index contributed by atoms with van der Waals surface area (Å²) in [5.74, 6) is 0.0403. The topological polar surface area (TPSA) is 64.3 Å². The number of carbonyl (C=O) groups is 1. The van der Waals surface area contributed by atoms with Gasteiger partial charge in [-0.1, -0.05) is 36.4 Å². The first-order chi connectivity index (χ1) is 8.67. The Kier molecular flexibility index (Phi) is 6.25. The Bertz CT molecular complexity index is 392. The third-order valence-electron chi connectivity index (χ3n) is 2.45. The molecule has 0 unspecified atom stereocenters. The van der Waals surface area contributed by atoms with Gasteiger partial charge in [-0.3, -0.25) is 0 Å². The average Bonchev–Trinajstić information content (AvgIpc) is 2.39. The Labute approximate surface area is 112 Å². The molecule has 0 aromatic heterocycles. The maximum absolute atomic E-state index is 11.3. The standard InChI is InChI=1S/C13H17ClN2O2/c1-2-7-18-13(17)16-9-11(8-15)10-3-5-12(14)6-4-10/h2-6,11H,1,7-9,15H2,(H,16,17)/t11-/m1/s1. The van der Waals surface area contributed by atoms with Crippen LogP contribution in [0.5, 0.6) is 0 Å². The largest absolute Gasteiger partial charge is 0.445 e. The maximum Gasteiger partial charge on any atom is 0.407 e. The molecule has 18 heavy (non-hydrogen) atoms. The van der Waals surface area contributed by atoms with Crippen LogP contribution in [0, 0.1) is 0 Å². The van der Waals surface area contributed by atoms with Crippen molar-refractivity contribution in [1.29, 1.82) is 0 Å². The molecule has 0 radical (unpaired) electrons. The third-order valence-corrected chi connectivity index (χ3v) is 2.70. The highest BCUT2D eigenvalue weighted by Crippen LogP contribution is 2.17. The molecule has 0 aliphatic rings. The van der Waals surface area contributed by atoms with Gasteiger partial charge < -0.3 is 15.8 Å². The van der Waals surface area contributed by atoms with Crippen LogP contribution in [0.3, 0.4) is 0 Å². The monoisotopic (exact) mass is 268 g/mol. The lowest BCUT2D eigenvalue weighted by Gasteiger charge is -2.16. The van der Waals surface area contributed by atoms with E-state index in [1.54, 1.807) is 12.1 Å². The van der Waals surface area contributed by atoms with E-state index in [-0.39, 0.29) is 12.5 Å². The molecular formula is C13H17ClN2O2. The van der Waals surface area contributed by atoms with Crippen molar-refractivity contribution in [2.45, 2.75) is 5.92 Å². The molecule has 0 bridgehead atoms. The van der Waals surface area contributed by atoms with Gasteiger partial charge in [-0.2, -0.15) is 0 Å². The third kappa shape index (κ3) is 4.77. The quantitative estimate of drug-likeness (QED) is 0.778. The second-order valence-electron chi connectivity index (χ2n) is 3.75. The molecule has 3 N–H and O–H groups in total. The van der Waals surface area contributed by atoms with Crippen LogP contribution in [0.2, 0.25) is 5.02 Å². The number of rotatable bonds is 6. The van der Waals surface area contributed by atoms with E-state index < -0.39 is 6.09 Å². The van der Waals surface area contributed by atoms with E-state index in [1.807, 2.05) is 12.1 Å². The Balaban J connectivity index is 2.49. The van der Waals surface area contributed by atoms with Crippen molar-refractivity contribution in [3.63, 3.8) is 0 Å². The minimum atomic E-state index is -0.470. The van der Waals surface area contributed by atoms with Crippen LogP contribution < -0.4 is 11.1 Å². The summed E-state index contributed by atoms with van der Waals surface area (Å²) in [6, 6.07) is 7.40. The molecule has 1 atom stereocenters. The summed E-state index contributed by atoms with van der Waals surface area (Å²) in [6.07, 6.45) is 1.04. The molecule has 1 rings (SSSR count). The lowest BCUT2D eigenvalue weighted by atomic mass is 9.99. The van der Waals surface area contributed by atoms with Crippen molar-refractivity contribution < 1.29 is 9.53 Å². The van der Waals surface area contributed by atoms with Gasteiger partial charge in [0.25, 0.3) is 0 Å². The Morgan fingerprint density at radius 2 is 2.17 bits per heavy atom. The number of alkyl carbamates (subject to hydrolysis) is 1. The number of ether oxygens (including phenoxy) is 1. The second-order valence-corrected chi connectivity index (χ2v) is 4.19. The van der Waals surface area contributed by atoms with Gasteiger partial charge >= 0.3 is 6.09 Å². The Morgan fingerprint density at radius 3 is 2.72 bits per heavy atom. The maximum atomic E-state index is 11.3. The fraction of sp³-hybridized carbons (Fsp3) is 0.308. The average molecular weight is 269 g/mol. The zero-order chi connectivity index (χ0) is 13.4. The number of hydrogen-bond acceptors (Lipinski definition) is 3. The van der Waals surface area contributed by atoms with Crippen molar-refractivity contribution >= 4 is 17.7 Å². The van der Waals surface area contributed by atoms with E-state index in [4.69, 9.17) is 22.1 Å². The summed E-state index contributed by atoms with van der Waals surface area (Å²) in [4.78, 5) is 11.3. The summed E-state index contributed by atoms with van der Waals surface area (Å²) in [5, 5.41) is 3.33. The SMILES string of the molecule is C=CCOC(=O)NC[C@@H](CN)c1ccc(Cl)cc1. The molecule has 0 saturated heterocycles. The van der Waals surface area contributed by atoms with Gasteiger partial charge in [-0.05, 0) is 17.7 Å². The number of amides is 1. The lowest BCUT2D eigenvalue weighted by molar-refractivity contribution is 0.157. The van der Waals surface area contributed by atoms with Crippen LogP contribution in [0.4, 0.5) is 4.79 Å². The smallest absolute Gasteiger partial charge is 0.407 e. The Hall–Kier alpha value is -1.52. The lowest BCUT2D eigenvalue weighted by Crippen LogP contribution is -2.32. The first-order valence-electron chi connectivity index (χ1n) is 5.64. The highest BCUT2D eigenvalue weighted by Gasteiger charge is 2.11. The fourth-order valence-corrected chi connectivity index (χ4v) is 1.59. The van der Waals surface area contributed by atoms with Gasteiger partial charge in [0.2, 0.25) is 0 Å². The molecule has 1 aromatic rings. The van der Waals surface area contributed by atoms with Gasteiger partial charge in [0.15, 0.2) is 0 Å². The summed E-state index contributed by atoms with van der Waals surface area (Å²) in [7, 11) is 0. The highest BCUT2D eigenvalue weighted by molar-refractivity contribution is 6.30. The first-order valence-corrected chi connectivity index (χ1v) is 6.02. The normalized spacial score (nSPS) is 11.7. The molecule has 0 spiro atoms. The highest BCUT2D eigenvalue weighted by atomic mass is 35.5. The molecule has 1 amide bonds. The number of benzene rings is 1. The second kappa shape index (κ2) is 7.74. The van der Waals surface area contributed by atoms with Crippen LogP contribution in [0.15, 0.2) is 36.9 Å². The molecule has 98 valence electrons.